The Labute approximate surface area is 204 Å². The van der Waals surface area contributed by atoms with Crippen LogP contribution in [0.3, 0.4) is 0 Å². The number of carbonyl (C=O) groups excluding carboxylic acids is 2. The van der Waals surface area contributed by atoms with Crippen LogP contribution in [-0.2, 0) is 38.6 Å². The van der Waals surface area contributed by atoms with Gasteiger partial charge in [0.25, 0.3) is 0 Å². The molecule has 0 atom stereocenters. The first-order chi connectivity index (χ1) is 17.4. The maximum absolute atomic E-state index is 12.7. The molecule has 0 radical (unpaired) electrons. The van der Waals surface area contributed by atoms with Crippen molar-refractivity contribution >= 4 is 12.2 Å². The maximum Gasteiger partial charge on any atom is 0.407 e. The van der Waals surface area contributed by atoms with Gasteiger partial charge in [-0.15, -0.1) is 0 Å². The van der Waals surface area contributed by atoms with Gasteiger partial charge in [-0.2, -0.15) is 0 Å². The highest BCUT2D eigenvalue weighted by Gasteiger charge is 2.16. The molecule has 0 aliphatic heterocycles. The number of nitrogens with one attached hydrogen (secondary N) is 2. The smallest absolute Gasteiger partial charge is 0.407 e. The van der Waals surface area contributed by atoms with E-state index in [1.165, 1.54) is 0 Å². The van der Waals surface area contributed by atoms with Gasteiger partial charge in [-0.05, 0) is 0 Å². The van der Waals surface area contributed by atoms with Crippen molar-refractivity contribution in [2.45, 2.75) is 19.6 Å². The summed E-state index contributed by atoms with van der Waals surface area (Å²) in [6.45, 7) is -2.05. The second kappa shape index (κ2) is 18.1. The molecule has 5 N–H and O–H groups in total. The Morgan fingerprint density at radius 3 is 1.33 bits per heavy atom. The van der Waals surface area contributed by atoms with Gasteiger partial charge >= 0.3 is 29.3 Å². The minimum Gasteiger partial charge on any atom is -0.448 e. The molecule has 1 aromatic rings. The molecule has 1 heterocycles. The number of hydrogen-bond donors (Lipinski definition) is 5. The van der Waals surface area contributed by atoms with Gasteiger partial charge in [-0.25, -0.2) is 37.7 Å². The quantitative estimate of drug-likeness (QED) is 0.115. The fraction of sp³-hybridized carbons (Fsp3) is 0.737. The number of carbonyl (C=O) groups is 2. The Hall–Kier alpha value is -3.25. The van der Waals surface area contributed by atoms with Crippen LogP contribution in [-0.4, -0.2) is 114 Å². The Morgan fingerprint density at radius 1 is 0.583 bits per heavy atom. The van der Waals surface area contributed by atoms with E-state index in [1.807, 2.05) is 0 Å². The van der Waals surface area contributed by atoms with E-state index in [4.69, 9.17) is 29.2 Å². The summed E-state index contributed by atoms with van der Waals surface area (Å²) in [5.41, 5.74) is -3.02. The van der Waals surface area contributed by atoms with E-state index in [0.29, 0.717) is 13.7 Å². The first kappa shape index (κ1) is 30.8. The van der Waals surface area contributed by atoms with Gasteiger partial charge in [0.2, 0.25) is 0 Å². The van der Waals surface area contributed by atoms with E-state index < -0.39 is 35.9 Å². The normalized spacial score (nSPS) is 10.8. The van der Waals surface area contributed by atoms with Crippen LogP contribution < -0.4 is 27.7 Å². The largest absolute Gasteiger partial charge is 0.448 e. The Morgan fingerprint density at radius 2 is 0.972 bits per heavy atom. The van der Waals surface area contributed by atoms with Crippen molar-refractivity contribution < 1.29 is 43.9 Å². The average Bonchev–Trinajstić information content (AvgIpc) is 2.85. The highest BCUT2D eigenvalue weighted by atomic mass is 16.6. The fourth-order valence-corrected chi connectivity index (χ4v) is 2.70. The number of aromatic nitrogens is 3. The van der Waals surface area contributed by atoms with Crippen LogP contribution in [0.25, 0.3) is 0 Å². The second-order valence-electron chi connectivity index (χ2n) is 6.82. The molecule has 0 aliphatic rings. The molecule has 17 nitrogen and oxygen atoms in total. The van der Waals surface area contributed by atoms with Crippen LogP contribution in [0.1, 0.15) is 0 Å². The van der Waals surface area contributed by atoms with Crippen LogP contribution in [0.2, 0.25) is 0 Å². The van der Waals surface area contributed by atoms with E-state index in [1.54, 1.807) is 0 Å². The van der Waals surface area contributed by atoms with Crippen molar-refractivity contribution in [2.75, 3.05) is 72.6 Å². The zero-order valence-electron chi connectivity index (χ0n) is 19.8. The molecule has 17 heteroatoms. The lowest BCUT2D eigenvalue weighted by atomic mass is 10.5. The standard InChI is InChI=1S/C19H33N5O12/c25-6-3-22-17(30)23(4-11-35-15(28)20-1-9-33-13-7-26)19(32)24(18(22)31)5-12-36-16(29)21-2-10-34-14-8-27/h25-27H,1-14H2,(H,20,28)(H,21,29). The number of aliphatic hydroxyl groups excluding tert-OH is 3. The third-order valence-corrected chi connectivity index (χ3v) is 4.31. The summed E-state index contributed by atoms with van der Waals surface area (Å²) in [5.74, 6) is 0. The minimum atomic E-state index is -1.01. The monoisotopic (exact) mass is 523 g/mol. The van der Waals surface area contributed by atoms with Crippen LogP contribution in [0.4, 0.5) is 9.59 Å². The van der Waals surface area contributed by atoms with E-state index in [2.05, 4.69) is 10.6 Å². The number of hydrogen-bond acceptors (Lipinski definition) is 12. The second-order valence-corrected chi connectivity index (χ2v) is 6.82. The van der Waals surface area contributed by atoms with Crippen molar-refractivity contribution in [3.63, 3.8) is 0 Å². The SMILES string of the molecule is O=C(NCCOCCO)OCCn1c(=O)n(CCO)c(=O)n(CCOC(=O)NCCOCCO)c1=O. The summed E-state index contributed by atoms with van der Waals surface area (Å²) >= 11 is 0. The van der Waals surface area contributed by atoms with Crippen molar-refractivity contribution in [1.82, 2.24) is 24.3 Å². The fourth-order valence-electron chi connectivity index (χ4n) is 2.70. The molecule has 0 bridgehead atoms. The predicted molar refractivity (Wildman–Crippen MR) is 121 cm³/mol. The number of rotatable bonds is 18. The van der Waals surface area contributed by atoms with Gasteiger partial charge in [-0.1, -0.05) is 0 Å². The van der Waals surface area contributed by atoms with Crippen LogP contribution in [0, 0.1) is 0 Å². The van der Waals surface area contributed by atoms with Gasteiger partial charge in [0.05, 0.1) is 65.9 Å². The molecular formula is C19H33N5O12. The summed E-state index contributed by atoms with van der Waals surface area (Å²) in [6, 6.07) is 0. The molecule has 0 unspecified atom stereocenters. The Bertz CT molecular complexity index is 903. The lowest BCUT2D eigenvalue weighted by molar-refractivity contribution is 0.0901. The lowest BCUT2D eigenvalue weighted by Crippen LogP contribution is -2.55. The van der Waals surface area contributed by atoms with E-state index >= 15 is 0 Å². The summed E-state index contributed by atoms with van der Waals surface area (Å²) in [6.07, 6.45) is -1.67. The molecule has 1 aromatic heterocycles. The highest BCUT2D eigenvalue weighted by molar-refractivity contribution is 5.67. The lowest BCUT2D eigenvalue weighted by Gasteiger charge is -2.14. The molecule has 0 saturated heterocycles. The molecule has 1 rings (SSSR count). The van der Waals surface area contributed by atoms with Gasteiger partial charge in [0, 0.05) is 13.1 Å². The zero-order chi connectivity index (χ0) is 26.8. The molecule has 0 fully saturated rings. The zero-order valence-corrected chi connectivity index (χ0v) is 19.8. The molecular weight excluding hydrogens is 490 g/mol. The molecule has 206 valence electrons. The van der Waals surface area contributed by atoms with E-state index in [-0.39, 0.29) is 85.6 Å². The first-order valence-electron chi connectivity index (χ1n) is 11.1. The molecule has 0 aromatic carbocycles. The third kappa shape index (κ3) is 11.0. The molecule has 0 saturated carbocycles. The summed E-state index contributed by atoms with van der Waals surface area (Å²) in [7, 11) is 0. The van der Waals surface area contributed by atoms with Gasteiger partial charge in [-0.3, -0.25) is 0 Å². The van der Waals surface area contributed by atoms with Crippen molar-refractivity contribution in [1.29, 1.82) is 0 Å². The maximum atomic E-state index is 12.7. The van der Waals surface area contributed by atoms with Crippen LogP contribution >= 0.6 is 0 Å². The van der Waals surface area contributed by atoms with E-state index in [9.17, 15) is 29.1 Å². The number of amides is 2. The van der Waals surface area contributed by atoms with Crippen LogP contribution in [0.15, 0.2) is 14.4 Å². The number of alkyl carbamates (subject to hydrolysis) is 2. The molecule has 2 amide bonds. The topological polar surface area (TPSA) is 222 Å². The molecule has 0 spiro atoms. The van der Waals surface area contributed by atoms with Gasteiger partial charge in [0.15, 0.2) is 0 Å². The van der Waals surface area contributed by atoms with Gasteiger partial charge in [0.1, 0.15) is 13.2 Å². The molecule has 0 aliphatic carbocycles. The van der Waals surface area contributed by atoms with Gasteiger partial charge < -0.3 is 44.9 Å². The third-order valence-electron chi connectivity index (χ3n) is 4.31. The van der Waals surface area contributed by atoms with E-state index in [0.717, 1.165) is 0 Å². The summed E-state index contributed by atoms with van der Waals surface area (Å²) < 4.78 is 21.7. The first-order valence-corrected chi connectivity index (χ1v) is 11.1. The Balaban J connectivity index is 2.74. The average molecular weight is 523 g/mol. The van der Waals surface area contributed by atoms with Crippen molar-refractivity contribution in [2.24, 2.45) is 0 Å². The van der Waals surface area contributed by atoms with Crippen LogP contribution in [0.5, 0.6) is 0 Å². The van der Waals surface area contributed by atoms with Crippen molar-refractivity contribution in [3.05, 3.63) is 31.5 Å². The summed E-state index contributed by atoms with van der Waals surface area (Å²) in [4.78, 5) is 61.2. The van der Waals surface area contributed by atoms with Crippen molar-refractivity contribution in [3.8, 4) is 0 Å². The Kier molecular flexibility index (Phi) is 15.5. The highest BCUT2D eigenvalue weighted by Crippen LogP contribution is 1.85. The number of aliphatic hydroxyl groups is 3. The minimum absolute atomic E-state index is 0.107. The number of nitrogens with zero attached hydrogens (tertiary/aromatic N) is 3. The summed E-state index contributed by atoms with van der Waals surface area (Å²) in [5, 5.41) is 31.1. The predicted octanol–water partition coefficient (Wildman–Crippen LogP) is -4.37. The number of ether oxygens (including phenoxy) is 4. The molecule has 36 heavy (non-hydrogen) atoms.